The molecule has 4 saturated carbocycles. The van der Waals surface area contributed by atoms with Crippen molar-refractivity contribution >= 4 is 5.97 Å². The molecule has 4 aliphatic rings. The zero-order valence-corrected chi connectivity index (χ0v) is 19.5. The van der Waals surface area contributed by atoms with Gasteiger partial charge < -0.3 is 9.84 Å². The molecule has 0 aromatic rings. The summed E-state index contributed by atoms with van der Waals surface area (Å²) in [6.45, 7) is 7.40. The highest BCUT2D eigenvalue weighted by Crippen LogP contribution is 2.68. The van der Waals surface area contributed by atoms with E-state index in [9.17, 15) is 15.2 Å². The molecule has 4 heteroatoms. The number of carbonyl (C=O) groups is 1. The van der Waals surface area contributed by atoms with E-state index in [0.717, 1.165) is 30.6 Å². The second-order valence-electron chi connectivity index (χ2n) is 11.8. The van der Waals surface area contributed by atoms with E-state index in [1.165, 1.54) is 45.6 Å². The first kappa shape index (κ1) is 22.1. The van der Waals surface area contributed by atoms with E-state index >= 15 is 0 Å². The molecule has 0 heterocycles. The Bertz CT molecular complexity index is 716. The van der Waals surface area contributed by atoms with E-state index < -0.39 is 5.60 Å². The molecule has 168 valence electrons. The van der Waals surface area contributed by atoms with Crippen LogP contribution in [0.3, 0.4) is 0 Å². The van der Waals surface area contributed by atoms with Crippen LogP contribution < -0.4 is 0 Å². The van der Waals surface area contributed by atoms with Crippen LogP contribution in [0, 0.1) is 57.7 Å². The fraction of sp³-hybridized carbons (Fsp3) is 0.923. The van der Waals surface area contributed by atoms with Gasteiger partial charge in [0.05, 0.1) is 13.2 Å². The van der Waals surface area contributed by atoms with E-state index in [1.807, 2.05) is 0 Å². The third-order valence-corrected chi connectivity index (χ3v) is 10.7. The molecule has 0 aromatic heterocycles. The van der Waals surface area contributed by atoms with E-state index in [1.54, 1.807) is 0 Å². The number of nitrogens with zero attached hydrogens (tertiary/aromatic N) is 1. The number of ether oxygens (including phenoxy) is 1. The molecule has 4 rings (SSSR count). The summed E-state index contributed by atoms with van der Waals surface area (Å²) in [7, 11) is 1.49. The molecule has 0 unspecified atom stereocenters. The van der Waals surface area contributed by atoms with Crippen LogP contribution in [0.1, 0.15) is 91.4 Å². The third-order valence-electron chi connectivity index (χ3n) is 10.7. The van der Waals surface area contributed by atoms with Gasteiger partial charge in [-0.3, -0.25) is 4.79 Å². The molecular weight excluding hydrogens is 374 g/mol. The van der Waals surface area contributed by atoms with Gasteiger partial charge >= 0.3 is 5.97 Å². The van der Waals surface area contributed by atoms with Crippen molar-refractivity contribution in [2.24, 2.45) is 46.3 Å². The largest absolute Gasteiger partial charge is 0.469 e. The molecule has 4 nitrogen and oxygen atoms in total. The lowest BCUT2D eigenvalue weighted by Gasteiger charge is -2.61. The smallest absolute Gasteiger partial charge is 0.305 e. The van der Waals surface area contributed by atoms with Crippen molar-refractivity contribution in [2.75, 3.05) is 7.11 Å². The molecule has 0 saturated heterocycles. The fourth-order valence-corrected chi connectivity index (χ4v) is 8.97. The number of hydrogen-bond donors (Lipinski definition) is 1. The number of methoxy groups -OCH3 is 1. The summed E-state index contributed by atoms with van der Waals surface area (Å²) < 4.78 is 4.87. The van der Waals surface area contributed by atoms with Crippen LogP contribution in [0.25, 0.3) is 0 Å². The summed E-state index contributed by atoms with van der Waals surface area (Å²) in [5, 5.41) is 20.1. The number of rotatable bonds is 4. The zero-order valence-electron chi connectivity index (χ0n) is 19.5. The first-order valence-corrected chi connectivity index (χ1v) is 12.4. The Balaban J connectivity index is 1.49. The van der Waals surface area contributed by atoms with Gasteiger partial charge in [0.25, 0.3) is 0 Å². The van der Waals surface area contributed by atoms with Crippen LogP contribution in [-0.4, -0.2) is 23.8 Å². The van der Waals surface area contributed by atoms with Gasteiger partial charge in [-0.1, -0.05) is 20.8 Å². The number of nitriles is 1. The van der Waals surface area contributed by atoms with Gasteiger partial charge in [0.15, 0.2) is 5.60 Å². The van der Waals surface area contributed by atoms with Gasteiger partial charge in [-0.2, -0.15) is 5.26 Å². The molecule has 0 aromatic carbocycles. The van der Waals surface area contributed by atoms with Crippen molar-refractivity contribution in [3.63, 3.8) is 0 Å². The molecule has 0 bridgehead atoms. The second kappa shape index (κ2) is 7.80. The standard InChI is InChI=1S/C26H41NO3/c1-17(5-10-23(28)30-4)20-8-9-21-19-7-6-18-15-26(29,16-27)14-13-24(18,2)22(19)11-12-25(20,21)3/h17-22,29H,5-15H2,1-4H3/t17-,18-,19+,20-,21+,22+,24+,25-,26-/m1/s1. The molecule has 0 amide bonds. The number of carbonyl (C=O) groups excluding carboxylic acids is 1. The summed E-state index contributed by atoms with van der Waals surface area (Å²) in [4.78, 5) is 11.7. The normalized spacial score (nSPS) is 48.6. The maximum atomic E-state index is 11.7. The van der Waals surface area contributed by atoms with Crippen LogP contribution in [0.5, 0.6) is 0 Å². The Morgan fingerprint density at radius 2 is 1.83 bits per heavy atom. The van der Waals surface area contributed by atoms with Gasteiger partial charge in [0.1, 0.15) is 0 Å². The van der Waals surface area contributed by atoms with E-state index in [2.05, 4.69) is 26.8 Å². The number of esters is 1. The minimum Gasteiger partial charge on any atom is -0.469 e. The van der Waals surface area contributed by atoms with E-state index in [0.29, 0.717) is 47.8 Å². The summed E-state index contributed by atoms with van der Waals surface area (Å²) in [6, 6.07) is 2.21. The molecule has 4 fully saturated rings. The van der Waals surface area contributed by atoms with Gasteiger partial charge in [-0.25, -0.2) is 0 Å². The SMILES string of the molecule is COC(=O)CC[C@@H](C)[C@H]1CC[C@H]2[C@@H]3CC[C@@H]4C[C@@](O)(C#N)CC[C@]4(C)[C@H]3CC[C@]12C. The van der Waals surface area contributed by atoms with Gasteiger partial charge in [-0.05, 0) is 111 Å². The number of fused-ring (bicyclic) bond motifs is 5. The van der Waals surface area contributed by atoms with Gasteiger partial charge in [0.2, 0.25) is 0 Å². The molecule has 30 heavy (non-hydrogen) atoms. The highest BCUT2D eigenvalue weighted by Gasteiger charge is 2.61. The van der Waals surface area contributed by atoms with Crippen molar-refractivity contribution in [1.29, 1.82) is 5.26 Å². The van der Waals surface area contributed by atoms with Crippen molar-refractivity contribution in [3.05, 3.63) is 0 Å². The molecular formula is C26H41NO3. The lowest BCUT2D eigenvalue weighted by atomic mass is 9.43. The minimum atomic E-state index is -1.09. The Labute approximate surface area is 182 Å². The van der Waals surface area contributed by atoms with E-state index in [4.69, 9.17) is 4.74 Å². The van der Waals surface area contributed by atoms with Crippen LogP contribution in [0.15, 0.2) is 0 Å². The Kier molecular flexibility index (Phi) is 5.76. The minimum absolute atomic E-state index is 0.0777. The Hall–Kier alpha value is -1.08. The highest BCUT2D eigenvalue weighted by molar-refractivity contribution is 5.69. The number of hydrogen-bond acceptors (Lipinski definition) is 4. The molecule has 9 atom stereocenters. The third kappa shape index (κ3) is 3.40. The summed E-state index contributed by atoms with van der Waals surface area (Å²) in [5.41, 5.74) is -0.391. The molecule has 1 N–H and O–H groups in total. The molecule has 0 spiro atoms. The lowest BCUT2D eigenvalue weighted by Crippen LogP contribution is -2.55. The van der Waals surface area contributed by atoms with Gasteiger partial charge in [0, 0.05) is 6.42 Å². The van der Waals surface area contributed by atoms with Crippen LogP contribution >= 0.6 is 0 Å². The summed E-state index contributed by atoms with van der Waals surface area (Å²) >= 11 is 0. The van der Waals surface area contributed by atoms with Crippen molar-refractivity contribution in [2.45, 2.75) is 97.0 Å². The number of aliphatic hydroxyl groups is 1. The van der Waals surface area contributed by atoms with Crippen LogP contribution in [-0.2, 0) is 9.53 Å². The topological polar surface area (TPSA) is 70.3 Å². The lowest BCUT2D eigenvalue weighted by molar-refractivity contribution is -0.143. The highest BCUT2D eigenvalue weighted by atomic mass is 16.5. The van der Waals surface area contributed by atoms with Crippen molar-refractivity contribution in [3.8, 4) is 6.07 Å². The van der Waals surface area contributed by atoms with E-state index in [-0.39, 0.29) is 5.97 Å². The first-order valence-electron chi connectivity index (χ1n) is 12.4. The second-order valence-corrected chi connectivity index (χ2v) is 11.8. The summed E-state index contributed by atoms with van der Waals surface area (Å²) in [6.07, 6.45) is 11.5. The Morgan fingerprint density at radius 1 is 1.10 bits per heavy atom. The molecule has 4 aliphatic carbocycles. The van der Waals surface area contributed by atoms with Crippen LogP contribution in [0.2, 0.25) is 0 Å². The fourth-order valence-electron chi connectivity index (χ4n) is 8.97. The average molecular weight is 416 g/mol. The monoisotopic (exact) mass is 415 g/mol. The van der Waals surface area contributed by atoms with Crippen molar-refractivity contribution < 1.29 is 14.6 Å². The molecule has 0 radical (unpaired) electrons. The average Bonchev–Trinajstić information content (AvgIpc) is 3.09. The first-order chi connectivity index (χ1) is 14.2. The predicted molar refractivity (Wildman–Crippen MR) is 116 cm³/mol. The maximum absolute atomic E-state index is 11.7. The quantitative estimate of drug-likeness (QED) is 0.487. The Morgan fingerprint density at radius 3 is 2.53 bits per heavy atom. The maximum Gasteiger partial charge on any atom is 0.305 e. The van der Waals surface area contributed by atoms with Gasteiger partial charge in [-0.15, -0.1) is 0 Å². The zero-order chi connectivity index (χ0) is 21.7. The van der Waals surface area contributed by atoms with Crippen molar-refractivity contribution in [1.82, 2.24) is 0 Å². The van der Waals surface area contributed by atoms with Crippen LogP contribution in [0.4, 0.5) is 0 Å². The summed E-state index contributed by atoms with van der Waals surface area (Å²) in [5.74, 6) is 4.06. The predicted octanol–water partition coefficient (Wildman–Crippen LogP) is 5.49. The molecule has 0 aliphatic heterocycles.